The number of nitrogens with one attached hydrogen (secondary N) is 2. The van der Waals surface area contributed by atoms with Crippen LogP contribution in [-0.4, -0.2) is 57.1 Å². The predicted octanol–water partition coefficient (Wildman–Crippen LogP) is 1.32. The van der Waals surface area contributed by atoms with Gasteiger partial charge in [-0.1, -0.05) is 0 Å². The number of piperidine rings is 1. The Morgan fingerprint density at radius 3 is 2.38 bits per heavy atom. The fourth-order valence-electron chi connectivity index (χ4n) is 2.48. The molecule has 0 aliphatic carbocycles. The highest BCUT2D eigenvalue weighted by Crippen LogP contribution is 2.17. The van der Waals surface area contributed by atoms with E-state index in [9.17, 15) is 18.0 Å². The molecule has 1 fully saturated rings. The number of sulfonamides is 1. The Hall–Kier alpha value is -2.07. The SMILES string of the molecule is CNS(=O)(=O)c1ccc(C(=O)NC2CCN(C(=O)OC(C)(C)C)CC2)o1. The second-order valence-corrected chi connectivity index (χ2v) is 8.86. The highest BCUT2D eigenvalue weighted by molar-refractivity contribution is 7.89. The van der Waals surface area contributed by atoms with Gasteiger partial charge in [0.15, 0.2) is 5.76 Å². The minimum Gasteiger partial charge on any atom is -0.444 e. The van der Waals surface area contributed by atoms with Crippen molar-refractivity contribution in [1.29, 1.82) is 0 Å². The molecule has 2 rings (SSSR count). The highest BCUT2D eigenvalue weighted by Gasteiger charge is 2.28. The number of rotatable bonds is 4. The fraction of sp³-hybridized carbons (Fsp3) is 0.625. The first kappa shape index (κ1) is 20.2. The molecule has 146 valence electrons. The van der Waals surface area contributed by atoms with Crippen molar-refractivity contribution in [3.8, 4) is 0 Å². The lowest BCUT2D eigenvalue weighted by Crippen LogP contribution is -2.47. The summed E-state index contributed by atoms with van der Waals surface area (Å²) >= 11 is 0. The van der Waals surface area contributed by atoms with Gasteiger partial charge in [-0.25, -0.2) is 17.9 Å². The van der Waals surface area contributed by atoms with E-state index in [-0.39, 0.29) is 23.0 Å². The van der Waals surface area contributed by atoms with Crippen molar-refractivity contribution in [2.45, 2.75) is 50.3 Å². The summed E-state index contributed by atoms with van der Waals surface area (Å²) in [5.74, 6) is -0.563. The van der Waals surface area contributed by atoms with Crippen molar-refractivity contribution in [2.75, 3.05) is 20.1 Å². The van der Waals surface area contributed by atoms with Gasteiger partial charge in [-0.05, 0) is 52.8 Å². The molecule has 10 heteroatoms. The zero-order valence-corrected chi connectivity index (χ0v) is 16.2. The van der Waals surface area contributed by atoms with E-state index in [1.807, 2.05) is 20.8 Å². The van der Waals surface area contributed by atoms with Crippen molar-refractivity contribution in [3.05, 3.63) is 17.9 Å². The summed E-state index contributed by atoms with van der Waals surface area (Å²) in [6.07, 6.45) is 0.788. The average Bonchev–Trinajstić information content (AvgIpc) is 3.05. The zero-order valence-electron chi connectivity index (χ0n) is 15.4. The monoisotopic (exact) mass is 387 g/mol. The fourth-order valence-corrected chi connectivity index (χ4v) is 3.12. The van der Waals surface area contributed by atoms with Crippen molar-refractivity contribution in [3.63, 3.8) is 0 Å². The van der Waals surface area contributed by atoms with Gasteiger partial charge in [0, 0.05) is 19.1 Å². The highest BCUT2D eigenvalue weighted by atomic mass is 32.2. The first-order valence-electron chi connectivity index (χ1n) is 8.34. The van der Waals surface area contributed by atoms with Crippen molar-refractivity contribution in [1.82, 2.24) is 14.9 Å². The predicted molar refractivity (Wildman–Crippen MR) is 93.2 cm³/mol. The average molecular weight is 387 g/mol. The molecule has 1 aliphatic rings. The van der Waals surface area contributed by atoms with Gasteiger partial charge in [0.1, 0.15) is 5.60 Å². The van der Waals surface area contributed by atoms with E-state index >= 15 is 0 Å². The summed E-state index contributed by atoms with van der Waals surface area (Å²) in [6, 6.07) is 2.41. The van der Waals surface area contributed by atoms with E-state index in [0.717, 1.165) is 0 Å². The number of nitrogens with zero attached hydrogens (tertiary/aromatic N) is 1. The van der Waals surface area contributed by atoms with Crippen LogP contribution in [0.4, 0.5) is 4.79 Å². The lowest BCUT2D eigenvalue weighted by molar-refractivity contribution is 0.0199. The maximum atomic E-state index is 12.2. The minimum absolute atomic E-state index is 0.0756. The molecule has 26 heavy (non-hydrogen) atoms. The van der Waals surface area contributed by atoms with E-state index in [1.165, 1.54) is 19.2 Å². The van der Waals surface area contributed by atoms with Gasteiger partial charge < -0.3 is 19.4 Å². The van der Waals surface area contributed by atoms with E-state index < -0.39 is 21.5 Å². The maximum absolute atomic E-state index is 12.2. The third-order valence-electron chi connectivity index (χ3n) is 3.82. The lowest BCUT2D eigenvalue weighted by Gasteiger charge is -2.33. The van der Waals surface area contributed by atoms with E-state index in [2.05, 4.69) is 10.0 Å². The third kappa shape index (κ3) is 5.21. The molecule has 2 heterocycles. The summed E-state index contributed by atoms with van der Waals surface area (Å²) in [6.45, 7) is 6.37. The van der Waals surface area contributed by atoms with Gasteiger partial charge in [0.2, 0.25) is 5.09 Å². The largest absolute Gasteiger partial charge is 0.444 e. The molecule has 0 bridgehead atoms. The van der Waals surface area contributed by atoms with Crippen LogP contribution in [0.1, 0.15) is 44.2 Å². The molecule has 1 aromatic heterocycles. The molecule has 0 radical (unpaired) electrons. The van der Waals surface area contributed by atoms with Crippen LogP contribution in [0.3, 0.4) is 0 Å². The molecule has 9 nitrogen and oxygen atoms in total. The number of hydrogen-bond acceptors (Lipinski definition) is 6. The van der Waals surface area contributed by atoms with Crippen molar-refractivity contribution in [2.24, 2.45) is 0 Å². The van der Waals surface area contributed by atoms with Crippen LogP contribution in [0, 0.1) is 0 Å². The molecule has 0 aromatic carbocycles. The Morgan fingerprint density at radius 1 is 1.23 bits per heavy atom. The first-order valence-corrected chi connectivity index (χ1v) is 9.82. The summed E-state index contributed by atoms with van der Waals surface area (Å²) in [4.78, 5) is 25.9. The Balaban J connectivity index is 1.88. The second kappa shape index (κ2) is 7.67. The van der Waals surface area contributed by atoms with Crippen LogP contribution in [0.25, 0.3) is 0 Å². The van der Waals surface area contributed by atoms with Crippen LogP contribution in [0.15, 0.2) is 21.6 Å². The molecule has 0 saturated carbocycles. The zero-order chi connectivity index (χ0) is 19.5. The molecule has 0 spiro atoms. The first-order chi connectivity index (χ1) is 12.0. The van der Waals surface area contributed by atoms with Gasteiger partial charge >= 0.3 is 6.09 Å². The van der Waals surface area contributed by atoms with E-state index in [0.29, 0.717) is 25.9 Å². The molecule has 1 aromatic rings. The number of carbonyl (C=O) groups is 2. The normalized spacial score (nSPS) is 16.4. The van der Waals surface area contributed by atoms with Gasteiger partial charge in [-0.15, -0.1) is 0 Å². The molecule has 1 aliphatic heterocycles. The quantitative estimate of drug-likeness (QED) is 0.804. The molecule has 2 N–H and O–H groups in total. The summed E-state index contributed by atoms with van der Waals surface area (Å²) in [5, 5.41) is 2.48. The van der Waals surface area contributed by atoms with Gasteiger partial charge in [-0.2, -0.15) is 0 Å². The molecule has 0 atom stereocenters. The van der Waals surface area contributed by atoms with Crippen molar-refractivity contribution < 1.29 is 27.2 Å². The number of furan rings is 1. The number of likely N-dealkylation sites (tertiary alicyclic amines) is 1. The van der Waals surface area contributed by atoms with Crippen molar-refractivity contribution >= 4 is 22.0 Å². The topological polar surface area (TPSA) is 118 Å². The lowest BCUT2D eigenvalue weighted by atomic mass is 10.1. The molecular formula is C16H25N3O6S. The van der Waals surface area contributed by atoms with Crippen LogP contribution < -0.4 is 10.0 Å². The van der Waals surface area contributed by atoms with E-state index in [4.69, 9.17) is 9.15 Å². The Morgan fingerprint density at radius 2 is 1.85 bits per heavy atom. The second-order valence-electron chi connectivity index (χ2n) is 7.04. The summed E-state index contributed by atoms with van der Waals surface area (Å²) in [5.41, 5.74) is -0.549. The Kier molecular flexibility index (Phi) is 5.97. The van der Waals surface area contributed by atoms with Crippen LogP contribution in [-0.2, 0) is 14.8 Å². The molecular weight excluding hydrogens is 362 g/mol. The molecule has 0 unspecified atom stereocenters. The third-order valence-corrected chi connectivity index (χ3v) is 5.11. The Bertz CT molecular complexity index is 757. The number of ether oxygens (including phenoxy) is 1. The van der Waals surface area contributed by atoms with Crippen LogP contribution >= 0.6 is 0 Å². The number of amides is 2. The number of hydrogen-bond donors (Lipinski definition) is 2. The standard InChI is InChI=1S/C16H25N3O6S/c1-16(2,3)25-15(21)19-9-7-11(8-10-19)18-14(20)12-5-6-13(24-12)26(22,23)17-4/h5-6,11,17H,7-10H2,1-4H3,(H,18,20). The Labute approximate surface area is 153 Å². The summed E-state index contributed by atoms with van der Waals surface area (Å²) in [7, 11) is -2.47. The number of carbonyl (C=O) groups excluding carboxylic acids is 2. The molecule has 2 amide bonds. The van der Waals surface area contributed by atoms with Crippen LogP contribution in [0.2, 0.25) is 0 Å². The van der Waals surface area contributed by atoms with Gasteiger partial charge in [0.05, 0.1) is 0 Å². The van der Waals surface area contributed by atoms with Gasteiger partial charge in [-0.3, -0.25) is 4.79 Å². The van der Waals surface area contributed by atoms with Gasteiger partial charge in [0.25, 0.3) is 15.9 Å². The van der Waals surface area contributed by atoms with Crippen LogP contribution in [0.5, 0.6) is 0 Å². The molecule has 1 saturated heterocycles. The summed E-state index contributed by atoms with van der Waals surface area (Å²) < 4.78 is 35.8. The minimum atomic E-state index is -3.73. The smallest absolute Gasteiger partial charge is 0.410 e. The van der Waals surface area contributed by atoms with E-state index in [1.54, 1.807) is 4.90 Å². The maximum Gasteiger partial charge on any atom is 0.410 e.